The second kappa shape index (κ2) is 8.61. The molecule has 29 heavy (non-hydrogen) atoms. The number of hydrogen-bond donors (Lipinski definition) is 8. The fourth-order valence-corrected chi connectivity index (χ4v) is 5.28. The molecule has 17 nitrogen and oxygen atoms in total. The number of H-pyrrole nitrogens is 2. The topological polar surface area (TPSA) is 275 Å². The van der Waals surface area contributed by atoms with Crippen LogP contribution in [-0.2, 0) is 31.6 Å². The SMILES string of the molecule is O=c1[nH]cc([C@@H]2O[C@H](COP(=O)(O)OP(=O)(O)OP(=O)(O)O)C(O)[C@@H]2O)c(=O)[nH]1. The first kappa shape index (κ1) is 24.2. The lowest BCUT2D eigenvalue weighted by atomic mass is 10.0. The van der Waals surface area contributed by atoms with Crippen LogP contribution in [0.5, 0.6) is 0 Å². The summed E-state index contributed by atoms with van der Waals surface area (Å²) in [5.41, 5.74) is -2.09. The number of ether oxygens (including phenoxy) is 1. The molecule has 1 aromatic rings. The second-order valence-electron chi connectivity index (χ2n) is 5.49. The molecule has 0 amide bonds. The molecule has 1 aliphatic heterocycles. The summed E-state index contributed by atoms with van der Waals surface area (Å²) in [7, 11) is -16.8. The van der Waals surface area contributed by atoms with Gasteiger partial charge in [-0.15, -0.1) is 0 Å². The average Bonchev–Trinajstić information content (AvgIpc) is 2.78. The van der Waals surface area contributed by atoms with Gasteiger partial charge in [0.25, 0.3) is 5.56 Å². The van der Waals surface area contributed by atoms with E-state index in [1.54, 1.807) is 0 Å². The van der Waals surface area contributed by atoms with Gasteiger partial charge in [-0.3, -0.25) is 14.3 Å². The maximum absolute atomic E-state index is 11.8. The van der Waals surface area contributed by atoms with Crippen LogP contribution in [0.1, 0.15) is 11.7 Å². The van der Waals surface area contributed by atoms with E-state index in [-0.39, 0.29) is 5.56 Å². The lowest BCUT2D eigenvalue weighted by Gasteiger charge is -2.19. The number of rotatable bonds is 8. The Kier molecular flexibility index (Phi) is 7.20. The molecule has 20 heteroatoms. The summed E-state index contributed by atoms with van der Waals surface area (Å²) in [6, 6.07) is 0. The van der Waals surface area contributed by atoms with Crippen molar-refractivity contribution in [3.63, 3.8) is 0 Å². The predicted molar refractivity (Wildman–Crippen MR) is 87.1 cm³/mol. The quantitative estimate of drug-likeness (QED) is 0.178. The van der Waals surface area contributed by atoms with Crippen LogP contribution in [-0.4, -0.2) is 64.7 Å². The van der Waals surface area contributed by atoms with Crippen LogP contribution in [0.2, 0.25) is 0 Å². The summed E-state index contributed by atoms with van der Waals surface area (Å²) in [5.74, 6) is 0. The molecule has 0 aliphatic carbocycles. The number of aromatic amines is 2. The zero-order valence-electron chi connectivity index (χ0n) is 13.8. The van der Waals surface area contributed by atoms with E-state index in [2.05, 4.69) is 18.1 Å². The molecule has 3 unspecified atom stereocenters. The normalized spacial score (nSPS) is 29.3. The molecule has 0 bridgehead atoms. The third kappa shape index (κ3) is 6.73. The lowest BCUT2D eigenvalue weighted by molar-refractivity contribution is -0.0227. The van der Waals surface area contributed by atoms with Crippen molar-refractivity contribution in [2.75, 3.05) is 6.61 Å². The van der Waals surface area contributed by atoms with Crippen molar-refractivity contribution in [2.45, 2.75) is 24.4 Å². The minimum absolute atomic E-state index is 0.294. The third-order valence-corrected chi connectivity index (χ3v) is 7.14. The van der Waals surface area contributed by atoms with Gasteiger partial charge in [0, 0.05) is 6.20 Å². The molecular formula is C9H15N2O15P3. The number of nitrogens with one attached hydrogen (secondary N) is 2. The van der Waals surface area contributed by atoms with Crippen LogP contribution in [0.3, 0.4) is 0 Å². The number of aromatic nitrogens is 2. The van der Waals surface area contributed by atoms with Gasteiger partial charge >= 0.3 is 29.2 Å². The zero-order chi connectivity index (χ0) is 22.2. The Hall–Kier alpha value is -1.03. The van der Waals surface area contributed by atoms with Crippen LogP contribution < -0.4 is 11.2 Å². The smallest absolute Gasteiger partial charge is 0.387 e. The van der Waals surface area contributed by atoms with Crippen molar-refractivity contribution in [1.29, 1.82) is 0 Å². The maximum Gasteiger partial charge on any atom is 0.490 e. The van der Waals surface area contributed by atoms with Crippen LogP contribution in [0.15, 0.2) is 15.8 Å². The average molecular weight is 484 g/mol. The van der Waals surface area contributed by atoms with Crippen molar-refractivity contribution in [3.8, 4) is 0 Å². The summed E-state index contributed by atoms with van der Waals surface area (Å²) in [6.45, 7) is -1.04. The molecule has 1 aliphatic rings. The molecule has 0 saturated carbocycles. The molecule has 0 aromatic carbocycles. The van der Waals surface area contributed by atoms with E-state index in [9.17, 15) is 38.4 Å². The van der Waals surface area contributed by atoms with Gasteiger partial charge in [0.1, 0.15) is 24.4 Å². The van der Waals surface area contributed by atoms with Crippen LogP contribution in [0, 0.1) is 0 Å². The Morgan fingerprint density at radius 1 is 1.00 bits per heavy atom. The Morgan fingerprint density at radius 3 is 2.17 bits per heavy atom. The van der Waals surface area contributed by atoms with Gasteiger partial charge in [0.05, 0.1) is 12.2 Å². The van der Waals surface area contributed by atoms with Crippen molar-refractivity contribution in [3.05, 3.63) is 32.6 Å². The van der Waals surface area contributed by atoms with Crippen molar-refractivity contribution in [2.24, 2.45) is 0 Å². The second-order valence-corrected chi connectivity index (χ2v) is 9.91. The summed E-state index contributed by atoms with van der Waals surface area (Å²) < 4.78 is 49.9. The minimum Gasteiger partial charge on any atom is -0.387 e. The molecule has 166 valence electrons. The number of phosphoric acid groups is 3. The predicted octanol–water partition coefficient (Wildman–Crippen LogP) is -2.43. The number of aliphatic hydroxyl groups is 2. The number of aliphatic hydroxyl groups excluding tert-OH is 2. The fourth-order valence-electron chi connectivity index (χ4n) is 2.25. The molecule has 0 spiro atoms. The molecule has 0 radical (unpaired) electrons. The molecule has 2 rings (SSSR count). The highest BCUT2D eigenvalue weighted by molar-refractivity contribution is 7.66. The van der Waals surface area contributed by atoms with Crippen LogP contribution in [0.25, 0.3) is 0 Å². The Balaban J connectivity index is 2.06. The monoisotopic (exact) mass is 484 g/mol. The summed E-state index contributed by atoms with van der Waals surface area (Å²) >= 11 is 0. The molecule has 1 saturated heterocycles. The minimum atomic E-state index is -5.73. The van der Waals surface area contributed by atoms with E-state index in [1.807, 2.05) is 4.98 Å². The van der Waals surface area contributed by atoms with Gasteiger partial charge in [-0.1, -0.05) is 0 Å². The summed E-state index contributed by atoms with van der Waals surface area (Å²) in [5, 5.41) is 19.9. The van der Waals surface area contributed by atoms with Crippen molar-refractivity contribution >= 4 is 23.5 Å². The van der Waals surface area contributed by atoms with Gasteiger partial charge in [-0.2, -0.15) is 8.62 Å². The van der Waals surface area contributed by atoms with Gasteiger partial charge in [-0.25, -0.2) is 18.5 Å². The molecule has 1 aromatic heterocycles. The summed E-state index contributed by atoms with van der Waals surface area (Å²) in [6.07, 6.45) is -5.66. The standard InChI is InChI=1S/C9H15N2O15P3/c12-5-4(2-23-28(19,20)26-29(21,22)25-27(16,17)18)24-7(6(5)13)3-1-10-9(15)11-8(3)14/h1,4-7,12-13H,2H2,(H,19,20)(H,21,22)(H2,16,17,18)(H2,10,11,14,15)/t4-,5?,6+,7+/m1/s1. The first-order valence-corrected chi connectivity index (χ1v) is 11.7. The van der Waals surface area contributed by atoms with E-state index < -0.39 is 65.7 Å². The molecule has 8 N–H and O–H groups in total. The number of hydrogen-bond acceptors (Lipinski definition) is 11. The Bertz CT molecular complexity index is 997. The van der Waals surface area contributed by atoms with Gasteiger partial charge < -0.3 is 39.5 Å². The molecule has 1 fully saturated rings. The van der Waals surface area contributed by atoms with Crippen molar-refractivity contribution in [1.82, 2.24) is 9.97 Å². The summed E-state index contributed by atoms with van der Waals surface area (Å²) in [4.78, 5) is 62.0. The lowest BCUT2D eigenvalue weighted by Crippen LogP contribution is -2.34. The highest BCUT2D eigenvalue weighted by Crippen LogP contribution is 2.66. The first-order chi connectivity index (χ1) is 13.1. The molecule has 2 heterocycles. The molecule has 6 atom stereocenters. The van der Waals surface area contributed by atoms with Gasteiger partial charge in [0.2, 0.25) is 0 Å². The van der Waals surface area contributed by atoms with E-state index in [0.29, 0.717) is 0 Å². The number of phosphoric ester groups is 1. The van der Waals surface area contributed by atoms with E-state index in [0.717, 1.165) is 6.20 Å². The van der Waals surface area contributed by atoms with E-state index in [1.165, 1.54) is 0 Å². The molecular weight excluding hydrogens is 469 g/mol. The largest absolute Gasteiger partial charge is 0.490 e. The zero-order valence-corrected chi connectivity index (χ0v) is 16.5. The van der Waals surface area contributed by atoms with Crippen LogP contribution in [0.4, 0.5) is 0 Å². The Morgan fingerprint density at radius 2 is 1.62 bits per heavy atom. The fraction of sp³-hybridized carbons (Fsp3) is 0.556. The maximum atomic E-state index is 11.8. The van der Waals surface area contributed by atoms with Gasteiger partial charge in [0.15, 0.2) is 0 Å². The van der Waals surface area contributed by atoms with E-state index in [4.69, 9.17) is 19.4 Å². The highest BCUT2D eigenvalue weighted by atomic mass is 31.3. The Labute approximate surface area is 159 Å². The van der Waals surface area contributed by atoms with Crippen molar-refractivity contribution < 1.29 is 61.4 Å². The van der Waals surface area contributed by atoms with E-state index >= 15 is 0 Å². The highest BCUT2D eigenvalue weighted by Gasteiger charge is 2.47. The first-order valence-electron chi connectivity index (χ1n) is 7.22. The third-order valence-electron chi connectivity index (χ3n) is 3.33. The van der Waals surface area contributed by atoms with Crippen LogP contribution >= 0.6 is 23.5 Å². The van der Waals surface area contributed by atoms with Gasteiger partial charge in [-0.05, 0) is 0 Å².